The van der Waals surface area contributed by atoms with E-state index in [4.69, 9.17) is 15.0 Å². The number of phosphoric acid groups is 1. The number of fused-ring (bicyclic) bond motifs is 1. The standard InChI is InChI=1S/C10H15N5O13P2S/c11-7-5-8(13-2-12-7)15(3-14-5)9-6(16)10(17,29(18,19)20)4(27-9)1-26-30(21,22)28-31(23,24)25/h2-4,6,9,16-17H,1H2,(H,21,22)(H2,11,12,13)(H2,18,19,20)(H,23,24,25)/t4-,6-,9-,10-/m1/s1. The Labute approximate surface area is 172 Å². The molecule has 31 heavy (non-hydrogen) atoms. The first kappa shape index (κ1) is 24.1. The number of hydrogen-bond donors (Lipinski definition) is 7. The van der Waals surface area contributed by atoms with Crippen LogP contribution in [0.5, 0.6) is 0 Å². The number of hydrogen-bond acceptors (Lipinski definition) is 13. The second-order valence-corrected chi connectivity index (χ2v) is 10.6. The van der Waals surface area contributed by atoms with E-state index < -0.39 is 56.2 Å². The van der Waals surface area contributed by atoms with Gasteiger partial charge in [0.05, 0.1) is 12.9 Å². The minimum absolute atomic E-state index is 0.0270. The topological polar surface area (TPSA) is 287 Å². The van der Waals surface area contributed by atoms with Gasteiger partial charge in [-0.3, -0.25) is 18.2 Å². The molecule has 0 amide bonds. The number of aliphatic hydroxyl groups excluding tert-OH is 1. The number of nitrogen functional groups attached to an aromatic ring is 1. The maximum absolute atomic E-state index is 11.9. The number of phosphoric ester groups is 1. The summed E-state index contributed by atoms with van der Waals surface area (Å²) >= 11 is 0. The number of anilines is 1. The zero-order valence-electron chi connectivity index (χ0n) is 14.8. The summed E-state index contributed by atoms with van der Waals surface area (Å²) in [7, 11) is -16.6. The van der Waals surface area contributed by atoms with Crippen LogP contribution >= 0.6 is 15.4 Å². The zero-order chi connectivity index (χ0) is 23.4. The molecule has 3 heterocycles. The molecule has 8 N–H and O–H groups in total. The van der Waals surface area contributed by atoms with Gasteiger partial charge in [-0.15, -0.1) is 3.97 Å². The Morgan fingerprint density at radius 3 is 2.48 bits per heavy atom. The molecular weight excluding hydrogens is 492 g/mol. The van der Waals surface area contributed by atoms with Gasteiger partial charge in [-0.2, -0.15) is 8.42 Å². The molecule has 0 spiro atoms. The van der Waals surface area contributed by atoms with E-state index in [1.165, 1.54) is 0 Å². The predicted molar refractivity (Wildman–Crippen MR) is 95.1 cm³/mol. The van der Waals surface area contributed by atoms with Crippen molar-refractivity contribution in [3.05, 3.63) is 12.7 Å². The first-order valence-corrected chi connectivity index (χ1v) is 12.2. The average Bonchev–Trinajstić information content (AvgIpc) is 3.13. The van der Waals surface area contributed by atoms with Gasteiger partial charge in [0.1, 0.15) is 24.1 Å². The van der Waals surface area contributed by atoms with Crippen LogP contribution in [-0.4, -0.2) is 81.5 Å². The summed E-state index contributed by atoms with van der Waals surface area (Å²) < 4.78 is 67.0. The highest BCUT2D eigenvalue weighted by molar-refractivity contribution is 7.85. The van der Waals surface area contributed by atoms with E-state index in [1.807, 2.05) is 0 Å². The summed E-state index contributed by atoms with van der Waals surface area (Å²) in [4.78, 5) is 39.9. The molecule has 1 unspecified atom stereocenters. The van der Waals surface area contributed by atoms with Gasteiger partial charge in [-0.05, 0) is 0 Å². The number of rotatable bonds is 7. The highest BCUT2D eigenvalue weighted by atomic mass is 32.3. The van der Waals surface area contributed by atoms with E-state index in [-0.39, 0.29) is 17.0 Å². The first-order chi connectivity index (χ1) is 14.1. The van der Waals surface area contributed by atoms with Gasteiger partial charge < -0.3 is 35.4 Å². The molecule has 21 heteroatoms. The number of ether oxygens (including phenoxy) is 1. The Bertz CT molecular complexity index is 1200. The first-order valence-electron chi connectivity index (χ1n) is 7.77. The summed E-state index contributed by atoms with van der Waals surface area (Å²) in [6.45, 7) is -1.37. The fourth-order valence-corrected chi connectivity index (χ4v) is 5.27. The molecule has 0 radical (unpaired) electrons. The molecule has 0 aliphatic carbocycles. The van der Waals surface area contributed by atoms with Crippen LogP contribution in [0.2, 0.25) is 0 Å². The summed E-state index contributed by atoms with van der Waals surface area (Å²) in [6.07, 6.45) is -4.34. The Kier molecular flexibility index (Phi) is 6.02. The third-order valence-corrected chi connectivity index (χ3v) is 7.66. The van der Waals surface area contributed by atoms with E-state index in [0.717, 1.165) is 17.2 Å². The fraction of sp³-hybridized carbons (Fsp3) is 0.500. The smallest absolute Gasteiger partial charge is 0.385 e. The summed E-state index contributed by atoms with van der Waals surface area (Å²) in [6, 6.07) is 0. The van der Waals surface area contributed by atoms with Gasteiger partial charge >= 0.3 is 25.8 Å². The Morgan fingerprint density at radius 1 is 1.26 bits per heavy atom. The van der Waals surface area contributed by atoms with E-state index in [1.54, 1.807) is 0 Å². The van der Waals surface area contributed by atoms with Crippen LogP contribution in [0.15, 0.2) is 12.7 Å². The molecule has 18 nitrogen and oxygen atoms in total. The van der Waals surface area contributed by atoms with Crippen molar-refractivity contribution in [2.45, 2.75) is 23.8 Å². The molecule has 1 aliphatic rings. The van der Waals surface area contributed by atoms with Gasteiger partial charge in [0.2, 0.25) is 5.34 Å². The van der Waals surface area contributed by atoms with Crippen LogP contribution in [0.25, 0.3) is 11.2 Å². The number of nitrogens with two attached hydrogens (primary N) is 1. The molecule has 3 rings (SSSR count). The maximum Gasteiger partial charge on any atom is 0.488 e. The minimum atomic E-state index is -5.64. The van der Waals surface area contributed by atoms with Crippen LogP contribution in [-0.2, 0) is 32.8 Å². The number of nitrogens with zero attached hydrogens (tertiary/aromatic N) is 4. The van der Waals surface area contributed by atoms with Crippen LogP contribution in [0.1, 0.15) is 6.23 Å². The van der Waals surface area contributed by atoms with Gasteiger partial charge in [0.25, 0.3) is 0 Å². The van der Waals surface area contributed by atoms with Crippen molar-refractivity contribution in [3.63, 3.8) is 0 Å². The van der Waals surface area contributed by atoms with E-state index in [9.17, 15) is 42.4 Å². The largest absolute Gasteiger partial charge is 0.488 e. The Balaban J connectivity index is 1.96. The molecule has 0 aromatic carbocycles. The quantitative estimate of drug-likeness (QED) is 0.150. The molecule has 1 aliphatic heterocycles. The van der Waals surface area contributed by atoms with Crippen molar-refractivity contribution in [2.24, 2.45) is 0 Å². The lowest BCUT2D eigenvalue weighted by Crippen LogP contribution is -2.48. The van der Waals surface area contributed by atoms with Crippen molar-refractivity contribution in [1.82, 2.24) is 19.5 Å². The van der Waals surface area contributed by atoms with E-state index >= 15 is 0 Å². The van der Waals surface area contributed by atoms with Crippen molar-refractivity contribution in [2.75, 3.05) is 12.3 Å². The molecule has 0 saturated carbocycles. The molecule has 5 atom stereocenters. The summed E-state index contributed by atoms with van der Waals surface area (Å²) in [5.74, 6) is -0.0787. The molecule has 2 aromatic rings. The fourth-order valence-electron chi connectivity index (χ4n) is 2.84. The minimum Gasteiger partial charge on any atom is -0.385 e. The van der Waals surface area contributed by atoms with Crippen LogP contribution < -0.4 is 5.73 Å². The third-order valence-electron chi connectivity index (χ3n) is 4.19. The van der Waals surface area contributed by atoms with Crippen molar-refractivity contribution >= 4 is 42.8 Å². The maximum atomic E-state index is 11.9. The molecule has 1 saturated heterocycles. The Morgan fingerprint density at radius 2 is 1.90 bits per heavy atom. The number of imidazole rings is 1. The second kappa shape index (κ2) is 7.77. The zero-order valence-corrected chi connectivity index (χ0v) is 17.4. The molecule has 0 bridgehead atoms. The van der Waals surface area contributed by atoms with Crippen molar-refractivity contribution < 1.29 is 60.2 Å². The highest BCUT2D eigenvalue weighted by Gasteiger charge is 2.66. The average molecular weight is 507 g/mol. The monoisotopic (exact) mass is 507 g/mol. The lowest BCUT2D eigenvalue weighted by Gasteiger charge is -2.31. The third kappa shape index (κ3) is 4.49. The van der Waals surface area contributed by atoms with Crippen molar-refractivity contribution in [3.8, 4) is 0 Å². The van der Waals surface area contributed by atoms with E-state index in [0.29, 0.717) is 0 Å². The lowest BCUT2D eigenvalue weighted by atomic mass is 10.1. The molecule has 174 valence electrons. The van der Waals surface area contributed by atoms with Crippen LogP contribution in [0.4, 0.5) is 5.82 Å². The van der Waals surface area contributed by atoms with Gasteiger partial charge in [-0.1, -0.05) is 0 Å². The molecule has 2 aromatic heterocycles. The van der Waals surface area contributed by atoms with Gasteiger partial charge in [-0.25, -0.2) is 19.5 Å². The normalized spacial score (nSPS) is 29.3. The van der Waals surface area contributed by atoms with E-state index in [2.05, 4.69) is 23.4 Å². The second-order valence-electron chi connectivity index (χ2n) is 6.14. The number of aromatic nitrogens is 4. The molecular formula is C10H15N5O13P2S. The summed E-state index contributed by atoms with van der Waals surface area (Å²) in [5.41, 5.74) is 5.60. The van der Waals surface area contributed by atoms with Gasteiger partial charge in [0.15, 0.2) is 17.7 Å². The van der Waals surface area contributed by atoms with Crippen LogP contribution in [0, 0.1) is 0 Å². The van der Waals surface area contributed by atoms with Crippen molar-refractivity contribution in [1.29, 1.82) is 0 Å². The number of aliphatic hydroxyl groups is 2. The highest BCUT2D eigenvalue weighted by Crippen LogP contribution is 2.60. The molecule has 1 fully saturated rings. The van der Waals surface area contributed by atoms with Gasteiger partial charge in [0, 0.05) is 0 Å². The Hall–Kier alpha value is -1.60. The SMILES string of the molecule is Nc1ncnc2c1ncn2[C@@H]1O[C@H](COP(=O)(O)OS(=O)(=O)O)[C@@](O)(P(=O)(O)O)[C@@H]1O. The summed E-state index contributed by atoms with van der Waals surface area (Å²) in [5, 5.41) is 17.7. The predicted octanol–water partition coefficient (Wildman–Crippen LogP) is -2.53. The van der Waals surface area contributed by atoms with Crippen LogP contribution in [0.3, 0.4) is 0 Å². The lowest BCUT2D eigenvalue weighted by molar-refractivity contribution is -0.0581.